The zero-order valence-electron chi connectivity index (χ0n) is 11.9. The third-order valence-electron chi connectivity index (χ3n) is 3.12. The number of esters is 1. The van der Waals surface area contributed by atoms with Crippen LogP contribution in [0.5, 0.6) is 0 Å². The molecule has 0 N–H and O–H groups in total. The summed E-state index contributed by atoms with van der Waals surface area (Å²) in [6, 6.07) is 12.6. The van der Waals surface area contributed by atoms with Crippen LogP contribution in [0.2, 0.25) is 0 Å². The lowest BCUT2D eigenvalue weighted by Gasteiger charge is -2.08. The molecule has 0 bridgehead atoms. The van der Waals surface area contributed by atoms with Crippen molar-refractivity contribution in [2.45, 2.75) is 13.8 Å². The molecule has 3 nitrogen and oxygen atoms in total. The van der Waals surface area contributed by atoms with Crippen molar-refractivity contribution in [3.05, 3.63) is 69.2 Å². The highest BCUT2D eigenvalue weighted by molar-refractivity contribution is 9.10. The third-order valence-corrected chi connectivity index (χ3v) is 3.81. The first-order chi connectivity index (χ1) is 9.99. The Morgan fingerprint density at radius 2 is 1.76 bits per heavy atom. The number of benzene rings is 2. The lowest BCUT2D eigenvalue weighted by molar-refractivity contribution is 0.0473. The van der Waals surface area contributed by atoms with Crippen LogP contribution in [0, 0.1) is 13.8 Å². The van der Waals surface area contributed by atoms with Crippen LogP contribution in [0.15, 0.2) is 46.9 Å². The summed E-state index contributed by atoms with van der Waals surface area (Å²) in [5.41, 5.74) is 2.88. The van der Waals surface area contributed by atoms with Crippen molar-refractivity contribution in [3.63, 3.8) is 0 Å². The van der Waals surface area contributed by atoms with Gasteiger partial charge in [0.1, 0.15) is 0 Å². The lowest BCUT2D eigenvalue weighted by Crippen LogP contribution is -2.15. The zero-order chi connectivity index (χ0) is 15.4. The summed E-state index contributed by atoms with van der Waals surface area (Å²) in [7, 11) is 0. The van der Waals surface area contributed by atoms with Crippen LogP contribution < -0.4 is 0 Å². The van der Waals surface area contributed by atoms with Crippen molar-refractivity contribution in [1.82, 2.24) is 0 Å². The molecule has 2 aromatic rings. The Morgan fingerprint density at radius 3 is 2.48 bits per heavy atom. The molecule has 0 fully saturated rings. The molecule has 0 amide bonds. The number of hydrogen-bond donors (Lipinski definition) is 0. The predicted octanol–water partition coefficient (Wildman–Crippen LogP) is 4.11. The monoisotopic (exact) mass is 346 g/mol. The number of ketones is 1. The van der Waals surface area contributed by atoms with E-state index < -0.39 is 5.97 Å². The van der Waals surface area contributed by atoms with Gasteiger partial charge in [0.2, 0.25) is 5.78 Å². The first-order valence-corrected chi connectivity index (χ1v) is 7.30. The largest absolute Gasteiger partial charge is 0.454 e. The van der Waals surface area contributed by atoms with E-state index in [-0.39, 0.29) is 12.4 Å². The number of ether oxygens (including phenoxy) is 1. The SMILES string of the molecule is Cc1ccc(C)c(C(=O)COC(=O)c2ccccc2Br)c1. The van der Waals surface area contributed by atoms with Gasteiger partial charge in [0.15, 0.2) is 6.61 Å². The maximum absolute atomic E-state index is 12.1. The summed E-state index contributed by atoms with van der Waals surface area (Å²) in [4.78, 5) is 24.1. The van der Waals surface area contributed by atoms with Crippen LogP contribution in [0.3, 0.4) is 0 Å². The van der Waals surface area contributed by atoms with Crippen LogP contribution in [-0.2, 0) is 4.74 Å². The molecule has 4 heteroatoms. The second kappa shape index (κ2) is 6.68. The Morgan fingerprint density at radius 1 is 1.05 bits per heavy atom. The van der Waals surface area contributed by atoms with Gasteiger partial charge in [-0.3, -0.25) is 4.79 Å². The van der Waals surface area contributed by atoms with Crippen LogP contribution in [0.4, 0.5) is 0 Å². The van der Waals surface area contributed by atoms with Crippen molar-refractivity contribution in [3.8, 4) is 0 Å². The molecule has 0 saturated carbocycles. The fourth-order valence-corrected chi connectivity index (χ4v) is 2.40. The summed E-state index contributed by atoms with van der Waals surface area (Å²) in [5, 5.41) is 0. The van der Waals surface area contributed by atoms with Gasteiger partial charge in [-0.2, -0.15) is 0 Å². The van der Waals surface area contributed by atoms with Crippen molar-refractivity contribution in [1.29, 1.82) is 0 Å². The highest BCUT2D eigenvalue weighted by Crippen LogP contribution is 2.17. The van der Waals surface area contributed by atoms with E-state index in [1.54, 1.807) is 18.2 Å². The summed E-state index contributed by atoms with van der Waals surface area (Å²) in [6.07, 6.45) is 0. The maximum Gasteiger partial charge on any atom is 0.339 e. The molecule has 21 heavy (non-hydrogen) atoms. The summed E-state index contributed by atoms with van der Waals surface area (Å²) < 4.78 is 5.75. The molecule has 0 aliphatic rings. The topological polar surface area (TPSA) is 43.4 Å². The minimum atomic E-state index is -0.513. The van der Waals surface area contributed by atoms with E-state index in [0.717, 1.165) is 11.1 Å². The fourth-order valence-electron chi connectivity index (χ4n) is 1.95. The minimum absolute atomic E-state index is 0.198. The highest BCUT2D eigenvalue weighted by atomic mass is 79.9. The summed E-state index contributed by atoms with van der Waals surface area (Å²) in [6.45, 7) is 3.52. The number of Topliss-reactive ketones (excluding diaryl/α,β-unsaturated/α-hetero) is 1. The predicted molar refractivity (Wildman–Crippen MR) is 84.7 cm³/mol. The molecule has 0 unspecified atom stereocenters. The Labute approximate surface area is 132 Å². The summed E-state index contributed by atoms with van der Waals surface area (Å²) >= 11 is 3.28. The molecule has 0 atom stereocenters. The van der Waals surface area contributed by atoms with E-state index in [1.807, 2.05) is 38.1 Å². The molecule has 0 spiro atoms. The van der Waals surface area contributed by atoms with E-state index in [4.69, 9.17) is 4.74 Å². The standard InChI is InChI=1S/C17H15BrO3/c1-11-7-8-12(2)14(9-11)16(19)10-21-17(20)13-5-3-4-6-15(13)18/h3-9H,10H2,1-2H3. The van der Waals surface area contributed by atoms with Crippen molar-refractivity contribution in [2.75, 3.05) is 6.61 Å². The Kier molecular flexibility index (Phi) is 4.91. The second-order valence-corrected chi connectivity index (χ2v) is 5.65. The molecule has 108 valence electrons. The van der Waals surface area contributed by atoms with Crippen molar-refractivity contribution < 1.29 is 14.3 Å². The van der Waals surface area contributed by atoms with Gasteiger partial charge in [-0.05, 0) is 53.5 Å². The molecule has 2 aromatic carbocycles. The van der Waals surface area contributed by atoms with Crippen LogP contribution in [-0.4, -0.2) is 18.4 Å². The van der Waals surface area contributed by atoms with Gasteiger partial charge in [0.25, 0.3) is 0 Å². The van der Waals surface area contributed by atoms with E-state index in [2.05, 4.69) is 15.9 Å². The maximum atomic E-state index is 12.1. The molecule has 2 rings (SSSR count). The second-order valence-electron chi connectivity index (χ2n) is 4.80. The molecule has 0 aromatic heterocycles. The minimum Gasteiger partial charge on any atom is -0.454 e. The first-order valence-electron chi connectivity index (χ1n) is 6.51. The average molecular weight is 347 g/mol. The van der Waals surface area contributed by atoms with Gasteiger partial charge in [-0.15, -0.1) is 0 Å². The lowest BCUT2D eigenvalue weighted by atomic mass is 10.0. The molecule has 0 aliphatic heterocycles. The quantitative estimate of drug-likeness (QED) is 0.618. The van der Waals surface area contributed by atoms with Gasteiger partial charge in [0, 0.05) is 10.0 Å². The van der Waals surface area contributed by atoms with Crippen LogP contribution >= 0.6 is 15.9 Å². The molecular formula is C17H15BrO3. The highest BCUT2D eigenvalue weighted by Gasteiger charge is 2.15. The van der Waals surface area contributed by atoms with Gasteiger partial charge in [-0.1, -0.05) is 29.8 Å². The first kappa shape index (κ1) is 15.4. The van der Waals surface area contributed by atoms with Crippen LogP contribution in [0.25, 0.3) is 0 Å². The number of carbonyl (C=O) groups excluding carboxylic acids is 2. The van der Waals surface area contributed by atoms with Crippen molar-refractivity contribution >= 4 is 27.7 Å². The number of hydrogen-bond acceptors (Lipinski definition) is 3. The van der Waals surface area contributed by atoms with E-state index in [0.29, 0.717) is 15.6 Å². The number of rotatable bonds is 4. The normalized spacial score (nSPS) is 10.2. The van der Waals surface area contributed by atoms with Gasteiger partial charge >= 0.3 is 5.97 Å². The molecule has 0 heterocycles. The zero-order valence-corrected chi connectivity index (χ0v) is 13.4. The Hall–Kier alpha value is -1.94. The molecular weight excluding hydrogens is 332 g/mol. The van der Waals surface area contributed by atoms with Crippen LogP contribution in [0.1, 0.15) is 31.8 Å². The number of carbonyl (C=O) groups is 2. The Bertz CT molecular complexity index is 692. The van der Waals surface area contributed by atoms with Gasteiger partial charge < -0.3 is 4.74 Å². The van der Waals surface area contributed by atoms with E-state index in [1.165, 1.54) is 0 Å². The van der Waals surface area contributed by atoms with Gasteiger partial charge in [0.05, 0.1) is 5.56 Å². The fraction of sp³-hybridized carbons (Fsp3) is 0.176. The number of halogens is 1. The molecule has 0 radical (unpaired) electrons. The summed E-state index contributed by atoms with van der Waals surface area (Å²) in [5.74, 6) is -0.710. The van der Waals surface area contributed by atoms with Crippen molar-refractivity contribution in [2.24, 2.45) is 0 Å². The number of aryl methyl sites for hydroxylation is 2. The Balaban J connectivity index is 2.06. The van der Waals surface area contributed by atoms with E-state index in [9.17, 15) is 9.59 Å². The third kappa shape index (κ3) is 3.79. The smallest absolute Gasteiger partial charge is 0.339 e. The molecule has 0 aliphatic carbocycles. The molecule has 0 saturated heterocycles. The average Bonchev–Trinajstić information content (AvgIpc) is 2.47. The van der Waals surface area contributed by atoms with E-state index >= 15 is 0 Å². The van der Waals surface area contributed by atoms with Gasteiger partial charge in [-0.25, -0.2) is 4.79 Å².